The number of tetrazole rings is 1. The highest BCUT2D eigenvalue weighted by molar-refractivity contribution is 6.31. The molecule has 2 heterocycles. The number of benzene rings is 1. The van der Waals surface area contributed by atoms with Gasteiger partial charge in [-0.25, -0.2) is 9.89 Å². The third-order valence-electron chi connectivity index (χ3n) is 2.93. The van der Waals surface area contributed by atoms with Crippen LogP contribution in [0, 0.1) is 5.95 Å². The molecule has 0 aliphatic heterocycles. The van der Waals surface area contributed by atoms with E-state index in [0.717, 1.165) is 15.4 Å². The first-order valence-electron chi connectivity index (χ1n) is 6.17. The molecule has 1 N–H and O–H groups in total. The van der Waals surface area contributed by atoms with Crippen LogP contribution in [-0.4, -0.2) is 30.0 Å². The first-order chi connectivity index (χ1) is 10.6. The number of H-pyrrole nitrogens is 1. The van der Waals surface area contributed by atoms with E-state index in [2.05, 4.69) is 20.6 Å². The fraction of sp³-hybridized carbons (Fsp3) is 0.167. The molecule has 10 heteroatoms. The van der Waals surface area contributed by atoms with Gasteiger partial charge >= 0.3 is 5.69 Å². The number of ether oxygens (including phenoxy) is 1. The summed E-state index contributed by atoms with van der Waals surface area (Å²) in [6.07, 6.45) is 0. The van der Waals surface area contributed by atoms with Gasteiger partial charge in [0.25, 0.3) is 0 Å². The average molecular weight is 325 g/mol. The van der Waals surface area contributed by atoms with Gasteiger partial charge in [-0.2, -0.15) is 13.8 Å². The Morgan fingerprint density at radius 2 is 2.23 bits per heavy atom. The summed E-state index contributed by atoms with van der Waals surface area (Å²) in [4.78, 5) is 12.0. The summed E-state index contributed by atoms with van der Waals surface area (Å²) in [6.45, 7) is -0.0116. The van der Waals surface area contributed by atoms with Crippen LogP contribution in [0.3, 0.4) is 0 Å². The minimum absolute atomic E-state index is 0.0116. The normalized spacial score (nSPS) is 10.9. The van der Waals surface area contributed by atoms with Crippen molar-refractivity contribution in [3.8, 4) is 11.6 Å². The van der Waals surface area contributed by atoms with Crippen LogP contribution in [0.25, 0.3) is 5.69 Å². The van der Waals surface area contributed by atoms with E-state index in [-0.39, 0.29) is 12.5 Å². The van der Waals surface area contributed by atoms with Crippen molar-refractivity contribution in [3.63, 3.8) is 0 Å². The lowest BCUT2D eigenvalue weighted by Crippen LogP contribution is -2.23. The molecule has 8 nitrogen and oxygen atoms in total. The number of nitrogens with one attached hydrogen (secondary N) is 1. The van der Waals surface area contributed by atoms with Crippen LogP contribution in [0.2, 0.25) is 5.02 Å². The molecule has 2 aromatic heterocycles. The summed E-state index contributed by atoms with van der Waals surface area (Å²) in [6, 6.07) is 6.09. The van der Waals surface area contributed by atoms with Crippen molar-refractivity contribution in [1.82, 2.24) is 30.0 Å². The highest BCUT2D eigenvalue weighted by Gasteiger charge is 2.15. The van der Waals surface area contributed by atoms with E-state index in [1.165, 1.54) is 7.05 Å². The summed E-state index contributed by atoms with van der Waals surface area (Å²) >= 11 is 6.16. The van der Waals surface area contributed by atoms with Gasteiger partial charge in [0.15, 0.2) is 0 Å². The van der Waals surface area contributed by atoms with Crippen LogP contribution in [0.15, 0.2) is 29.1 Å². The second kappa shape index (κ2) is 5.60. The van der Waals surface area contributed by atoms with Gasteiger partial charge in [0.2, 0.25) is 11.8 Å². The third kappa shape index (κ3) is 2.58. The molecular formula is C12H10ClFN6O2. The molecule has 0 aliphatic carbocycles. The van der Waals surface area contributed by atoms with Crippen molar-refractivity contribution in [3.05, 3.63) is 51.3 Å². The van der Waals surface area contributed by atoms with Gasteiger partial charge in [-0.05, 0) is 22.6 Å². The molecule has 22 heavy (non-hydrogen) atoms. The van der Waals surface area contributed by atoms with Crippen LogP contribution in [-0.2, 0) is 13.7 Å². The van der Waals surface area contributed by atoms with Crippen molar-refractivity contribution in [2.45, 2.75) is 6.61 Å². The zero-order valence-corrected chi connectivity index (χ0v) is 12.1. The lowest BCUT2D eigenvalue weighted by atomic mass is 10.2. The van der Waals surface area contributed by atoms with Gasteiger partial charge in [-0.15, -0.1) is 5.10 Å². The number of rotatable bonds is 4. The number of hydrogen-bond donors (Lipinski definition) is 1. The molecule has 0 bridgehead atoms. The van der Waals surface area contributed by atoms with Gasteiger partial charge in [-0.1, -0.05) is 17.7 Å². The Labute approximate surface area is 128 Å². The summed E-state index contributed by atoms with van der Waals surface area (Å²) in [5, 5.41) is 13.5. The fourth-order valence-electron chi connectivity index (χ4n) is 1.85. The fourth-order valence-corrected chi connectivity index (χ4v) is 2.08. The van der Waals surface area contributed by atoms with Crippen molar-refractivity contribution >= 4 is 11.6 Å². The van der Waals surface area contributed by atoms with E-state index < -0.39 is 11.6 Å². The number of nitrogens with zero attached hydrogens (tertiary/aromatic N) is 5. The van der Waals surface area contributed by atoms with Gasteiger partial charge in [-0.3, -0.25) is 0 Å². The molecule has 0 amide bonds. The molecule has 1 aromatic carbocycles. The van der Waals surface area contributed by atoms with Gasteiger partial charge in [0, 0.05) is 17.6 Å². The quantitative estimate of drug-likeness (QED) is 0.775. The van der Waals surface area contributed by atoms with Crippen LogP contribution in [0.5, 0.6) is 5.88 Å². The molecule has 0 atom stereocenters. The average Bonchev–Trinajstić information content (AvgIpc) is 3.05. The highest BCUT2D eigenvalue weighted by atomic mass is 35.5. The topological polar surface area (TPSA) is 90.6 Å². The minimum atomic E-state index is -0.612. The number of aromatic nitrogens is 6. The Bertz CT molecular complexity index is 871. The monoisotopic (exact) mass is 324 g/mol. The molecule has 0 radical (unpaired) electrons. The predicted octanol–water partition coefficient (Wildman–Crippen LogP) is 1.06. The predicted molar refractivity (Wildman–Crippen MR) is 74.5 cm³/mol. The van der Waals surface area contributed by atoms with E-state index in [0.29, 0.717) is 16.3 Å². The Morgan fingerprint density at radius 1 is 1.41 bits per heavy atom. The van der Waals surface area contributed by atoms with Gasteiger partial charge in [0.1, 0.15) is 6.61 Å². The number of halogens is 2. The molecule has 3 aromatic rings. The zero-order chi connectivity index (χ0) is 15.7. The van der Waals surface area contributed by atoms with Gasteiger partial charge < -0.3 is 4.74 Å². The largest absolute Gasteiger partial charge is 0.472 e. The second-order valence-electron chi connectivity index (χ2n) is 4.38. The maximum absolute atomic E-state index is 12.8. The Morgan fingerprint density at radius 3 is 2.86 bits per heavy atom. The lowest BCUT2D eigenvalue weighted by molar-refractivity contribution is 0.293. The van der Waals surface area contributed by atoms with Crippen molar-refractivity contribution in [2.24, 2.45) is 7.05 Å². The first kappa shape index (κ1) is 14.3. The second-order valence-corrected chi connectivity index (χ2v) is 4.78. The molecule has 0 saturated heterocycles. The molecule has 0 aliphatic rings. The van der Waals surface area contributed by atoms with Crippen LogP contribution < -0.4 is 10.4 Å². The highest BCUT2D eigenvalue weighted by Crippen LogP contribution is 2.23. The maximum Gasteiger partial charge on any atom is 0.368 e. The van der Waals surface area contributed by atoms with Crippen LogP contribution in [0.4, 0.5) is 4.39 Å². The van der Waals surface area contributed by atoms with Crippen molar-refractivity contribution < 1.29 is 9.13 Å². The summed E-state index contributed by atoms with van der Waals surface area (Å²) < 4.78 is 20.4. The summed E-state index contributed by atoms with van der Waals surface area (Å²) in [5.41, 5.74) is 0.520. The smallest absolute Gasteiger partial charge is 0.368 e. The molecule has 0 saturated carbocycles. The van der Waals surface area contributed by atoms with E-state index >= 15 is 0 Å². The Balaban J connectivity index is 1.96. The van der Waals surface area contributed by atoms with E-state index in [4.69, 9.17) is 16.3 Å². The lowest BCUT2D eigenvalue weighted by Gasteiger charge is -2.10. The van der Waals surface area contributed by atoms with Crippen molar-refractivity contribution in [1.29, 1.82) is 0 Å². The Kier molecular flexibility index (Phi) is 3.63. The first-order valence-corrected chi connectivity index (χ1v) is 6.54. The Hall–Kier alpha value is -2.68. The summed E-state index contributed by atoms with van der Waals surface area (Å²) in [5.74, 6) is -0.533. The van der Waals surface area contributed by atoms with Crippen molar-refractivity contribution in [2.75, 3.05) is 0 Å². The SMILES string of the molecule is Cn1nnn(-c2cccc(Cl)c2COc2cc(F)[nH]n2)c1=O. The minimum Gasteiger partial charge on any atom is -0.472 e. The molecule has 0 spiro atoms. The van der Waals surface area contributed by atoms with E-state index in [9.17, 15) is 9.18 Å². The van der Waals surface area contributed by atoms with Crippen LogP contribution in [0.1, 0.15) is 5.56 Å². The van der Waals surface area contributed by atoms with Crippen LogP contribution >= 0.6 is 11.6 Å². The third-order valence-corrected chi connectivity index (χ3v) is 3.29. The number of hydrogen-bond acceptors (Lipinski definition) is 5. The van der Waals surface area contributed by atoms with E-state index in [1.54, 1.807) is 18.2 Å². The van der Waals surface area contributed by atoms with E-state index in [1.807, 2.05) is 0 Å². The van der Waals surface area contributed by atoms with Gasteiger partial charge in [0.05, 0.1) is 11.8 Å². The molecule has 114 valence electrons. The number of aryl methyl sites for hydroxylation is 1. The molecule has 0 fully saturated rings. The molecule has 0 unspecified atom stereocenters. The molecule has 3 rings (SSSR count). The standard InChI is InChI=1S/C12H10ClFN6O2/c1-19-12(21)20(18-17-19)9-4-2-3-8(13)7(9)6-22-11-5-10(14)15-16-11/h2-5H,6H2,1H3,(H,15,16). The maximum atomic E-state index is 12.8. The summed E-state index contributed by atoms with van der Waals surface area (Å²) in [7, 11) is 1.49. The molecular weight excluding hydrogens is 315 g/mol. The number of aromatic amines is 1. The zero-order valence-electron chi connectivity index (χ0n) is 11.3.